The summed E-state index contributed by atoms with van der Waals surface area (Å²) in [5, 5.41) is 14.0. The summed E-state index contributed by atoms with van der Waals surface area (Å²) in [6.45, 7) is 4.57. The number of nitrogens with one attached hydrogen (secondary N) is 1. The van der Waals surface area contributed by atoms with Crippen LogP contribution in [0.25, 0.3) is 0 Å². The Bertz CT molecular complexity index is 481. The zero-order valence-corrected chi connectivity index (χ0v) is 12.7. The minimum Gasteiger partial charge on any atom is -0.366 e. The molecular weight excluding hydrogens is 310 g/mol. The summed E-state index contributed by atoms with van der Waals surface area (Å²) >= 11 is 3.34. The Morgan fingerprint density at radius 3 is 2.74 bits per heavy atom. The van der Waals surface area contributed by atoms with E-state index in [0.29, 0.717) is 22.3 Å². The molecule has 0 aliphatic heterocycles. The molecule has 1 N–H and O–H groups in total. The van der Waals surface area contributed by atoms with E-state index in [9.17, 15) is 10.1 Å². The summed E-state index contributed by atoms with van der Waals surface area (Å²) in [6.07, 6.45) is 4.74. The molecule has 0 bridgehead atoms. The van der Waals surface area contributed by atoms with Crippen molar-refractivity contribution in [3.63, 3.8) is 0 Å². The van der Waals surface area contributed by atoms with Crippen molar-refractivity contribution in [1.82, 2.24) is 4.98 Å². The maximum absolute atomic E-state index is 10.7. The van der Waals surface area contributed by atoms with E-state index in [1.807, 2.05) is 0 Å². The highest BCUT2D eigenvalue weighted by atomic mass is 79.9. The fourth-order valence-electron chi connectivity index (χ4n) is 2.51. The first-order valence-corrected chi connectivity index (χ1v) is 7.33. The van der Waals surface area contributed by atoms with Crippen molar-refractivity contribution in [3.8, 4) is 0 Å². The van der Waals surface area contributed by atoms with Crippen LogP contribution in [-0.4, -0.2) is 15.9 Å². The smallest absolute Gasteiger partial charge is 0.288 e. The Morgan fingerprint density at radius 2 is 2.16 bits per heavy atom. The quantitative estimate of drug-likeness (QED) is 0.673. The highest BCUT2D eigenvalue weighted by Crippen LogP contribution is 2.32. The fourth-order valence-corrected chi connectivity index (χ4v) is 2.96. The van der Waals surface area contributed by atoms with Crippen LogP contribution in [0.15, 0.2) is 16.7 Å². The molecule has 3 unspecified atom stereocenters. The van der Waals surface area contributed by atoms with Crippen LogP contribution in [0.1, 0.15) is 33.1 Å². The third-order valence-electron chi connectivity index (χ3n) is 3.98. The summed E-state index contributed by atoms with van der Waals surface area (Å²) in [5.74, 6) is 2.16. The molecule has 1 aliphatic rings. The topological polar surface area (TPSA) is 68.1 Å². The zero-order valence-electron chi connectivity index (χ0n) is 11.1. The van der Waals surface area contributed by atoms with Crippen LogP contribution in [0, 0.1) is 22.0 Å². The maximum atomic E-state index is 10.7. The lowest BCUT2D eigenvalue weighted by Crippen LogP contribution is -2.30. The SMILES string of the molecule is CC1CCC(Nc2ncc([N+](=O)[O-])cc2Br)CC1C. The lowest BCUT2D eigenvalue weighted by atomic mass is 9.79. The number of aromatic nitrogens is 1. The van der Waals surface area contributed by atoms with Crippen molar-refractivity contribution < 1.29 is 4.92 Å². The van der Waals surface area contributed by atoms with Crippen LogP contribution in [0.5, 0.6) is 0 Å². The van der Waals surface area contributed by atoms with Gasteiger partial charge < -0.3 is 5.32 Å². The second kappa shape index (κ2) is 5.86. The Hall–Kier alpha value is -1.17. The van der Waals surface area contributed by atoms with Gasteiger partial charge in [0.05, 0.1) is 9.40 Å². The van der Waals surface area contributed by atoms with Gasteiger partial charge in [0.2, 0.25) is 0 Å². The Kier molecular flexibility index (Phi) is 4.39. The normalized spacial score (nSPS) is 27.0. The molecule has 19 heavy (non-hydrogen) atoms. The lowest BCUT2D eigenvalue weighted by Gasteiger charge is -2.32. The van der Waals surface area contributed by atoms with Gasteiger partial charge in [-0.2, -0.15) is 0 Å². The first-order valence-electron chi connectivity index (χ1n) is 6.54. The molecule has 1 heterocycles. The van der Waals surface area contributed by atoms with Gasteiger partial charge in [-0.3, -0.25) is 10.1 Å². The van der Waals surface area contributed by atoms with Gasteiger partial charge in [-0.15, -0.1) is 0 Å². The fraction of sp³-hybridized carbons (Fsp3) is 0.615. The highest BCUT2D eigenvalue weighted by molar-refractivity contribution is 9.10. The average molecular weight is 328 g/mol. The Labute approximate surface area is 121 Å². The standard InChI is InChI=1S/C13H18BrN3O2/c1-8-3-4-10(5-9(8)2)16-13-12(14)6-11(7-15-13)17(18)19/h6-10H,3-5H2,1-2H3,(H,15,16). The monoisotopic (exact) mass is 327 g/mol. The molecule has 1 aromatic heterocycles. The van der Waals surface area contributed by atoms with Crippen LogP contribution in [-0.2, 0) is 0 Å². The second-order valence-electron chi connectivity index (χ2n) is 5.39. The molecule has 5 nitrogen and oxygen atoms in total. The first kappa shape index (κ1) is 14.2. The van der Waals surface area contributed by atoms with Crippen molar-refractivity contribution in [2.24, 2.45) is 11.8 Å². The van der Waals surface area contributed by atoms with E-state index < -0.39 is 4.92 Å². The van der Waals surface area contributed by atoms with Gasteiger partial charge >= 0.3 is 0 Å². The maximum Gasteiger partial charge on any atom is 0.288 e. The summed E-state index contributed by atoms with van der Waals surface area (Å²) in [4.78, 5) is 14.4. The van der Waals surface area contributed by atoms with Gasteiger partial charge in [-0.25, -0.2) is 4.98 Å². The molecule has 6 heteroatoms. The summed E-state index contributed by atoms with van der Waals surface area (Å²) < 4.78 is 0.646. The van der Waals surface area contributed by atoms with Gasteiger partial charge in [0.1, 0.15) is 12.0 Å². The number of hydrogen-bond acceptors (Lipinski definition) is 4. The number of rotatable bonds is 3. The van der Waals surface area contributed by atoms with Crippen molar-refractivity contribution >= 4 is 27.4 Å². The van der Waals surface area contributed by atoms with Crippen LogP contribution < -0.4 is 5.32 Å². The predicted octanol–water partition coefficient (Wildman–Crippen LogP) is 3.99. The van der Waals surface area contributed by atoms with E-state index in [2.05, 4.69) is 40.1 Å². The number of halogens is 1. The summed E-state index contributed by atoms with van der Waals surface area (Å²) in [7, 11) is 0. The third-order valence-corrected chi connectivity index (χ3v) is 4.58. The van der Waals surface area contributed by atoms with Gasteiger partial charge in [-0.1, -0.05) is 13.8 Å². The predicted molar refractivity (Wildman–Crippen MR) is 78.2 cm³/mol. The van der Waals surface area contributed by atoms with E-state index in [1.165, 1.54) is 18.7 Å². The average Bonchev–Trinajstić information content (AvgIpc) is 2.36. The molecule has 0 spiro atoms. The van der Waals surface area contributed by atoms with Crippen molar-refractivity contribution in [1.29, 1.82) is 0 Å². The van der Waals surface area contributed by atoms with Gasteiger partial charge in [0.25, 0.3) is 5.69 Å². The zero-order chi connectivity index (χ0) is 14.0. The van der Waals surface area contributed by atoms with Crippen LogP contribution >= 0.6 is 15.9 Å². The molecule has 0 amide bonds. The number of anilines is 1. The largest absolute Gasteiger partial charge is 0.366 e. The minimum atomic E-state index is -0.439. The molecule has 1 aromatic rings. The molecule has 3 atom stereocenters. The van der Waals surface area contributed by atoms with E-state index in [1.54, 1.807) is 0 Å². The van der Waals surface area contributed by atoms with Crippen molar-refractivity contribution in [3.05, 3.63) is 26.9 Å². The van der Waals surface area contributed by atoms with E-state index >= 15 is 0 Å². The number of pyridine rings is 1. The minimum absolute atomic E-state index is 0.00283. The van der Waals surface area contributed by atoms with Gasteiger partial charge in [0.15, 0.2) is 0 Å². The molecule has 2 rings (SSSR count). The van der Waals surface area contributed by atoms with Crippen LogP contribution in [0.3, 0.4) is 0 Å². The third kappa shape index (κ3) is 3.43. The molecule has 1 fully saturated rings. The Balaban J connectivity index is 2.05. The highest BCUT2D eigenvalue weighted by Gasteiger charge is 2.25. The lowest BCUT2D eigenvalue weighted by molar-refractivity contribution is -0.385. The molecular formula is C13H18BrN3O2. The molecule has 1 aliphatic carbocycles. The molecule has 0 aromatic carbocycles. The second-order valence-corrected chi connectivity index (χ2v) is 6.24. The van der Waals surface area contributed by atoms with Gasteiger partial charge in [0, 0.05) is 12.1 Å². The first-order chi connectivity index (χ1) is 8.97. The molecule has 1 saturated carbocycles. The number of nitrogens with zero attached hydrogens (tertiary/aromatic N) is 2. The van der Waals surface area contributed by atoms with Gasteiger partial charge in [-0.05, 0) is 47.0 Å². The van der Waals surface area contributed by atoms with Crippen molar-refractivity contribution in [2.75, 3.05) is 5.32 Å². The molecule has 104 valence electrons. The van der Waals surface area contributed by atoms with Crippen LogP contribution in [0.2, 0.25) is 0 Å². The molecule has 0 saturated heterocycles. The van der Waals surface area contributed by atoms with Crippen molar-refractivity contribution in [2.45, 2.75) is 39.2 Å². The van der Waals surface area contributed by atoms with E-state index in [-0.39, 0.29) is 5.69 Å². The summed E-state index contributed by atoms with van der Waals surface area (Å²) in [6, 6.07) is 1.89. The molecule has 0 radical (unpaired) electrons. The van der Waals surface area contributed by atoms with E-state index in [4.69, 9.17) is 0 Å². The van der Waals surface area contributed by atoms with Crippen LogP contribution in [0.4, 0.5) is 11.5 Å². The number of hydrogen-bond donors (Lipinski definition) is 1. The summed E-state index contributed by atoms with van der Waals surface area (Å²) in [5.41, 5.74) is 0.00283. The Morgan fingerprint density at radius 1 is 1.42 bits per heavy atom. The number of nitro groups is 1. The van der Waals surface area contributed by atoms with E-state index in [0.717, 1.165) is 18.8 Å².